The summed E-state index contributed by atoms with van der Waals surface area (Å²) in [4.78, 5) is 22.7. The standard InChI is InChI=1S/C23H20ClN3O2S2/c24-19-9-3-1-7-17(19)21-25-15(13-30-21)14-31-23-26-20-10-4-2-8-18(20)22(28)27(23)12-16-6-5-11-29-16/h1-4,7-10,13,16H,5-6,11-12,14H2. The molecule has 1 atom stereocenters. The van der Waals surface area contributed by atoms with E-state index in [1.807, 2.05) is 53.9 Å². The fraction of sp³-hybridized carbons (Fsp3) is 0.261. The van der Waals surface area contributed by atoms with Crippen LogP contribution in [0.5, 0.6) is 0 Å². The summed E-state index contributed by atoms with van der Waals surface area (Å²) in [5.41, 5.74) is 2.58. The lowest BCUT2D eigenvalue weighted by Gasteiger charge is -2.16. The molecule has 0 spiro atoms. The Balaban J connectivity index is 1.43. The van der Waals surface area contributed by atoms with E-state index in [4.69, 9.17) is 26.3 Å². The van der Waals surface area contributed by atoms with Gasteiger partial charge >= 0.3 is 0 Å². The topological polar surface area (TPSA) is 57.0 Å². The second kappa shape index (κ2) is 9.12. The highest BCUT2D eigenvalue weighted by Crippen LogP contribution is 2.32. The Morgan fingerprint density at radius 1 is 1.16 bits per heavy atom. The van der Waals surface area contributed by atoms with Crippen molar-refractivity contribution in [3.8, 4) is 10.6 Å². The maximum absolute atomic E-state index is 13.2. The van der Waals surface area contributed by atoms with E-state index >= 15 is 0 Å². The van der Waals surface area contributed by atoms with Gasteiger partial charge in [0.05, 0.1) is 34.3 Å². The number of thioether (sulfide) groups is 1. The summed E-state index contributed by atoms with van der Waals surface area (Å²) < 4.78 is 7.55. The maximum Gasteiger partial charge on any atom is 0.262 e. The van der Waals surface area contributed by atoms with E-state index in [-0.39, 0.29) is 11.7 Å². The lowest BCUT2D eigenvalue weighted by molar-refractivity contribution is 0.0937. The van der Waals surface area contributed by atoms with Crippen molar-refractivity contribution in [2.75, 3.05) is 6.61 Å². The van der Waals surface area contributed by atoms with Gasteiger partial charge in [0.25, 0.3) is 5.56 Å². The third kappa shape index (κ3) is 4.41. The molecule has 1 saturated heterocycles. The first-order valence-electron chi connectivity index (χ1n) is 10.1. The van der Waals surface area contributed by atoms with Crippen LogP contribution in [0.25, 0.3) is 21.5 Å². The van der Waals surface area contributed by atoms with E-state index < -0.39 is 0 Å². The van der Waals surface area contributed by atoms with Gasteiger partial charge in [0.2, 0.25) is 0 Å². The number of rotatable bonds is 6. The predicted octanol–water partition coefficient (Wildman–Crippen LogP) is 5.64. The van der Waals surface area contributed by atoms with E-state index in [1.165, 1.54) is 11.8 Å². The molecule has 5 rings (SSSR count). The van der Waals surface area contributed by atoms with Crippen LogP contribution in [0.1, 0.15) is 18.5 Å². The Hall–Kier alpha value is -2.19. The summed E-state index contributed by atoms with van der Waals surface area (Å²) in [5, 5.41) is 4.96. The Labute approximate surface area is 193 Å². The molecule has 3 heterocycles. The number of nitrogens with zero attached hydrogens (tertiary/aromatic N) is 3. The SMILES string of the molecule is O=c1c2ccccc2nc(SCc2csc(-c3ccccc3Cl)n2)n1CC1CCCO1. The first-order valence-corrected chi connectivity index (χ1v) is 12.4. The molecular formula is C23H20ClN3O2S2. The minimum Gasteiger partial charge on any atom is -0.376 e. The van der Waals surface area contributed by atoms with Gasteiger partial charge in [-0.1, -0.05) is 53.7 Å². The lowest BCUT2D eigenvalue weighted by Crippen LogP contribution is -2.28. The second-order valence-electron chi connectivity index (χ2n) is 7.37. The van der Waals surface area contributed by atoms with Crippen molar-refractivity contribution in [1.82, 2.24) is 14.5 Å². The first-order chi connectivity index (χ1) is 15.2. The van der Waals surface area contributed by atoms with Crippen LogP contribution in [0.4, 0.5) is 0 Å². The Kier molecular flexibility index (Phi) is 6.09. The van der Waals surface area contributed by atoms with Crippen molar-refractivity contribution in [1.29, 1.82) is 0 Å². The molecule has 1 fully saturated rings. The molecule has 0 amide bonds. The third-order valence-corrected chi connectivity index (χ3v) is 7.51. The molecule has 0 aliphatic carbocycles. The highest BCUT2D eigenvalue weighted by molar-refractivity contribution is 7.98. The minimum absolute atomic E-state index is 0.0152. The van der Waals surface area contributed by atoms with Gasteiger partial charge < -0.3 is 4.74 Å². The van der Waals surface area contributed by atoms with Crippen molar-refractivity contribution >= 4 is 45.6 Å². The number of hydrogen-bond donors (Lipinski definition) is 0. The molecule has 2 aromatic carbocycles. The molecule has 0 saturated carbocycles. The molecule has 1 unspecified atom stereocenters. The van der Waals surface area contributed by atoms with Gasteiger partial charge in [0, 0.05) is 23.3 Å². The number of para-hydroxylation sites is 1. The van der Waals surface area contributed by atoms with Crippen molar-refractivity contribution in [3.63, 3.8) is 0 Å². The molecule has 1 aliphatic rings. The fourth-order valence-electron chi connectivity index (χ4n) is 3.68. The smallest absolute Gasteiger partial charge is 0.262 e. The van der Waals surface area contributed by atoms with Crippen molar-refractivity contribution in [2.24, 2.45) is 0 Å². The van der Waals surface area contributed by atoms with Crippen LogP contribution in [-0.2, 0) is 17.0 Å². The normalized spacial score (nSPS) is 16.2. The summed E-state index contributed by atoms with van der Waals surface area (Å²) >= 11 is 9.42. The van der Waals surface area contributed by atoms with E-state index in [9.17, 15) is 4.79 Å². The average Bonchev–Trinajstić information content (AvgIpc) is 3.47. The molecule has 1 aliphatic heterocycles. The molecule has 0 N–H and O–H groups in total. The molecule has 0 radical (unpaired) electrons. The number of aromatic nitrogens is 3. The van der Waals surface area contributed by atoms with Crippen molar-refractivity contribution in [2.45, 2.75) is 36.4 Å². The zero-order chi connectivity index (χ0) is 21.2. The Morgan fingerprint density at radius 2 is 2.00 bits per heavy atom. The number of fused-ring (bicyclic) bond motifs is 1. The van der Waals surface area contributed by atoms with Gasteiger partial charge in [0.1, 0.15) is 5.01 Å². The quantitative estimate of drug-likeness (QED) is 0.270. The molecule has 5 nitrogen and oxygen atoms in total. The van der Waals surface area contributed by atoms with Crippen LogP contribution in [0.3, 0.4) is 0 Å². The maximum atomic E-state index is 13.2. The minimum atomic E-state index is -0.0152. The summed E-state index contributed by atoms with van der Waals surface area (Å²) in [6.45, 7) is 1.29. The summed E-state index contributed by atoms with van der Waals surface area (Å²) in [6, 6.07) is 15.2. The lowest BCUT2D eigenvalue weighted by atomic mass is 10.2. The van der Waals surface area contributed by atoms with Crippen molar-refractivity contribution in [3.05, 3.63) is 75.0 Å². The zero-order valence-electron chi connectivity index (χ0n) is 16.7. The first kappa shape index (κ1) is 20.7. The monoisotopic (exact) mass is 469 g/mol. The van der Waals surface area contributed by atoms with E-state index in [2.05, 4.69) is 0 Å². The van der Waals surface area contributed by atoms with E-state index in [1.54, 1.807) is 15.9 Å². The van der Waals surface area contributed by atoms with Crippen molar-refractivity contribution < 1.29 is 4.74 Å². The number of thiazole rings is 1. The van der Waals surface area contributed by atoms with Crippen LogP contribution < -0.4 is 5.56 Å². The summed E-state index contributed by atoms with van der Waals surface area (Å²) in [6.07, 6.45) is 2.06. The molecule has 31 heavy (non-hydrogen) atoms. The number of halogens is 1. The summed E-state index contributed by atoms with van der Waals surface area (Å²) in [7, 11) is 0. The molecule has 2 aromatic heterocycles. The van der Waals surface area contributed by atoms with Gasteiger partial charge in [0.15, 0.2) is 5.16 Å². The Bertz CT molecular complexity index is 1280. The van der Waals surface area contributed by atoms with Crippen LogP contribution in [0.2, 0.25) is 5.02 Å². The van der Waals surface area contributed by atoms with Gasteiger partial charge in [-0.05, 0) is 31.0 Å². The largest absolute Gasteiger partial charge is 0.376 e. The number of benzene rings is 2. The third-order valence-electron chi connectivity index (χ3n) is 5.24. The summed E-state index contributed by atoms with van der Waals surface area (Å²) in [5.74, 6) is 0.622. The van der Waals surface area contributed by atoms with Gasteiger partial charge in [-0.3, -0.25) is 9.36 Å². The molecular weight excluding hydrogens is 450 g/mol. The number of hydrogen-bond acceptors (Lipinski definition) is 6. The molecule has 4 aromatic rings. The predicted molar refractivity (Wildman–Crippen MR) is 127 cm³/mol. The number of ether oxygens (including phenoxy) is 1. The van der Waals surface area contributed by atoms with Crippen LogP contribution in [0.15, 0.2) is 63.9 Å². The van der Waals surface area contributed by atoms with Crippen LogP contribution in [-0.4, -0.2) is 27.2 Å². The van der Waals surface area contributed by atoms with Gasteiger partial charge in [-0.25, -0.2) is 9.97 Å². The van der Waals surface area contributed by atoms with Gasteiger partial charge in [-0.15, -0.1) is 11.3 Å². The Morgan fingerprint density at radius 3 is 2.84 bits per heavy atom. The van der Waals surface area contributed by atoms with E-state index in [0.717, 1.165) is 35.7 Å². The van der Waals surface area contributed by atoms with Crippen LogP contribution in [0, 0.1) is 0 Å². The average molecular weight is 470 g/mol. The van der Waals surface area contributed by atoms with Crippen LogP contribution >= 0.6 is 34.7 Å². The van der Waals surface area contributed by atoms with Gasteiger partial charge in [-0.2, -0.15) is 0 Å². The second-order valence-corrected chi connectivity index (χ2v) is 9.58. The highest BCUT2D eigenvalue weighted by Gasteiger charge is 2.20. The molecule has 8 heteroatoms. The highest BCUT2D eigenvalue weighted by atomic mass is 35.5. The molecule has 158 valence electrons. The van der Waals surface area contributed by atoms with E-state index in [0.29, 0.717) is 33.4 Å². The zero-order valence-corrected chi connectivity index (χ0v) is 19.1. The molecule has 0 bridgehead atoms. The fourth-order valence-corrected chi connectivity index (χ4v) is 5.83.